The Morgan fingerprint density at radius 2 is 1.91 bits per heavy atom. The van der Waals surface area contributed by atoms with Crippen LogP contribution in [0.4, 0.5) is 11.4 Å². The average molecular weight is 360 g/mol. The van der Waals surface area contributed by atoms with E-state index in [9.17, 15) is 0 Å². The predicted molar refractivity (Wildman–Crippen MR) is 94.2 cm³/mol. The summed E-state index contributed by atoms with van der Waals surface area (Å²) in [6.45, 7) is 4.15. The highest BCUT2D eigenvalue weighted by atomic mass is 79.9. The summed E-state index contributed by atoms with van der Waals surface area (Å²) in [5.41, 5.74) is 5.44. The van der Waals surface area contributed by atoms with Crippen molar-refractivity contribution in [1.82, 2.24) is 9.78 Å². The van der Waals surface area contributed by atoms with E-state index in [0.29, 0.717) is 0 Å². The Morgan fingerprint density at radius 1 is 1.14 bits per heavy atom. The molecule has 3 rings (SSSR count). The Bertz CT molecular complexity index is 855. The van der Waals surface area contributed by atoms with E-state index in [0.717, 1.165) is 38.1 Å². The zero-order valence-electron chi connectivity index (χ0n) is 13.1. The van der Waals surface area contributed by atoms with E-state index >= 15 is 0 Å². The van der Waals surface area contributed by atoms with Crippen LogP contribution < -0.4 is 10.1 Å². The quantitative estimate of drug-likeness (QED) is 0.736. The number of hydrogen-bond acceptors (Lipinski definition) is 3. The van der Waals surface area contributed by atoms with E-state index in [1.165, 1.54) is 5.56 Å². The Hall–Kier alpha value is -2.01. The van der Waals surface area contributed by atoms with E-state index in [1.54, 1.807) is 7.11 Å². The highest BCUT2D eigenvalue weighted by Gasteiger charge is 2.13. The number of benzene rings is 2. The molecule has 0 aliphatic heterocycles. The molecule has 1 N–H and O–H groups in total. The number of ether oxygens (including phenoxy) is 1. The van der Waals surface area contributed by atoms with Gasteiger partial charge in [-0.2, -0.15) is 5.10 Å². The second-order valence-corrected chi connectivity index (χ2v) is 6.19. The molecule has 0 saturated carbocycles. The molecule has 2 aromatic carbocycles. The Labute approximate surface area is 138 Å². The lowest BCUT2D eigenvalue weighted by atomic mass is 10.1. The summed E-state index contributed by atoms with van der Waals surface area (Å²) >= 11 is 3.64. The van der Waals surface area contributed by atoms with E-state index < -0.39 is 0 Å². The molecule has 0 radical (unpaired) electrons. The monoisotopic (exact) mass is 359 g/mol. The van der Waals surface area contributed by atoms with Gasteiger partial charge in [-0.1, -0.05) is 6.07 Å². The average Bonchev–Trinajstić information content (AvgIpc) is 2.87. The summed E-state index contributed by atoms with van der Waals surface area (Å²) in [4.78, 5) is 0. The van der Waals surface area contributed by atoms with Gasteiger partial charge in [0.25, 0.3) is 0 Å². The number of fused-ring (bicyclic) bond motifs is 1. The fraction of sp³-hybridized carbons (Fsp3) is 0.235. The SMILES string of the molecule is COc1ccc(C)c(Nc2c(Br)ccc3c2cnn3C)c1C. The fourth-order valence-electron chi connectivity index (χ4n) is 2.69. The van der Waals surface area contributed by atoms with Gasteiger partial charge in [0.2, 0.25) is 0 Å². The molecule has 0 unspecified atom stereocenters. The maximum absolute atomic E-state index is 5.43. The minimum atomic E-state index is 0.877. The molecular formula is C17H18BrN3O. The van der Waals surface area contributed by atoms with Crippen LogP contribution in [0.2, 0.25) is 0 Å². The molecular weight excluding hydrogens is 342 g/mol. The molecule has 114 valence electrons. The van der Waals surface area contributed by atoms with Crippen LogP contribution >= 0.6 is 15.9 Å². The lowest BCUT2D eigenvalue weighted by Gasteiger charge is -2.17. The van der Waals surface area contributed by atoms with Gasteiger partial charge in [0.1, 0.15) is 5.75 Å². The minimum absolute atomic E-state index is 0.877. The lowest BCUT2D eigenvalue weighted by Crippen LogP contribution is -2.00. The molecule has 0 saturated heterocycles. The second-order valence-electron chi connectivity index (χ2n) is 5.33. The second kappa shape index (κ2) is 5.65. The number of nitrogens with zero attached hydrogens (tertiary/aromatic N) is 2. The first-order valence-corrected chi connectivity index (χ1v) is 7.83. The first kappa shape index (κ1) is 14.9. The predicted octanol–water partition coefficient (Wildman–Crippen LogP) is 4.70. The van der Waals surface area contributed by atoms with Crippen molar-refractivity contribution >= 4 is 38.2 Å². The van der Waals surface area contributed by atoms with Crippen molar-refractivity contribution in [2.24, 2.45) is 7.05 Å². The largest absolute Gasteiger partial charge is 0.496 e. The molecule has 0 spiro atoms. The van der Waals surface area contributed by atoms with Gasteiger partial charge in [0, 0.05) is 28.2 Å². The van der Waals surface area contributed by atoms with Crippen LogP contribution in [0.3, 0.4) is 0 Å². The molecule has 1 heterocycles. The molecule has 1 aromatic heterocycles. The molecule has 0 amide bonds. The Morgan fingerprint density at radius 3 is 2.64 bits per heavy atom. The van der Waals surface area contributed by atoms with E-state index in [1.807, 2.05) is 30.1 Å². The van der Waals surface area contributed by atoms with Gasteiger partial charge in [-0.15, -0.1) is 0 Å². The molecule has 0 fully saturated rings. The molecule has 0 atom stereocenters. The molecule has 22 heavy (non-hydrogen) atoms. The third-order valence-corrected chi connectivity index (χ3v) is 4.63. The van der Waals surface area contributed by atoms with Crippen molar-refractivity contribution in [3.63, 3.8) is 0 Å². The highest BCUT2D eigenvalue weighted by molar-refractivity contribution is 9.10. The zero-order chi connectivity index (χ0) is 15.9. The third-order valence-electron chi connectivity index (χ3n) is 3.97. The normalized spacial score (nSPS) is 11.0. The van der Waals surface area contributed by atoms with E-state index in [2.05, 4.69) is 52.3 Å². The maximum atomic E-state index is 5.43. The van der Waals surface area contributed by atoms with Gasteiger partial charge in [0.05, 0.1) is 24.5 Å². The number of anilines is 2. The maximum Gasteiger partial charge on any atom is 0.123 e. The van der Waals surface area contributed by atoms with Gasteiger partial charge >= 0.3 is 0 Å². The summed E-state index contributed by atoms with van der Waals surface area (Å²) in [5.74, 6) is 0.877. The first-order chi connectivity index (χ1) is 10.5. The summed E-state index contributed by atoms with van der Waals surface area (Å²) in [5, 5.41) is 8.99. The van der Waals surface area contributed by atoms with Crippen molar-refractivity contribution in [3.05, 3.63) is 46.1 Å². The van der Waals surface area contributed by atoms with Gasteiger partial charge in [-0.25, -0.2) is 0 Å². The topological polar surface area (TPSA) is 39.1 Å². The highest BCUT2D eigenvalue weighted by Crippen LogP contribution is 2.37. The van der Waals surface area contributed by atoms with Crippen LogP contribution in [0, 0.1) is 13.8 Å². The smallest absolute Gasteiger partial charge is 0.123 e. The van der Waals surface area contributed by atoms with Crippen molar-refractivity contribution in [2.75, 3.05) is 12.4 Å². The number of aromatic nitrogens is 2. The summed E-state index contributed by atoms with van der Waals surface area (Å²) in [6.07, 6.45) is 1.88. The summed E-state index contributed by atoms with van der Waals surface area (Å²) in [7, 11) is 3.64. The molecule has 0 aliphatic rings. The van der Waals surface area contributed by atoms with Crippen LogP contribution in [0.1, 0.15) is 11.1 Å². The number of aryl methyl sites for hydroxylation is 2. The fourth-order valence-corrected chi connectivity index (χ4v) is 3.14. The standard InChI is InChI=1S/C17H18BrN3O/c1-10-5-8-15(22-4)11(2)16(10)20-17-12-9-19-21(3)14(12)7-6-13(17)18/h5-9,20H,1-4H3. The van der Waals surface area contributed by atoms with Crippen LogP contribution in [0.15, 0.2) is 34.9 Å². The number of nitrogens with one attached hydrogen (secondary N) is 1. The van der Waals surface area contributed by atoms with Crippen molar-refractivity contribution in [1.29, 1.82) is 0 Å². The Balaban J connectivity index is 2.17. The number of hydrogen-bond donors (Lipinski definition) is 1. The molecule has 3 aromatic rings. The first-order valence-electron chi connectivity index (χ1n) is 7.04. The molecule has 0 aliphatic carbocycles. The van der Waals surface area contributed by atoms with Gasteiger partial charge in [-0.05, 0) is 53.5 Å². The zero-order valence-corrected chi connectivity index (χ0v) is 14.7. The number of halogens is 1. The molecule has 4 nitrogen and oxygen atoms in total. The van der Waals surface area contributed by atoms with Crippen LogP contribution in [-0.4, -0.2) is 16.9 Å². The summed E-state index contributed by atoms with van der Waals surface area (Å²) < 4.78 is 8.31. The summed E-state index contributed by atoms with van der Waals surface area (Å²) in [6, 6.07) is 8.15. The van der Waals surface area contributed by atoms with Crippen molar-refractivity contribution in [3.8, 4) is 5.75 Å². The van der Waals surface area contributed by atoms with Crippen LogP contribution in [0.5, 0.6) is 5.75 Å². The van der Waals surface area contributed by atoms with Crippen molar-refractivity contribution in [2.45, 2.75) is 13.8 Å². The Kier molecular flexibility index (Phi) is 3.83. The number of methoxy groups -OCH3 is 1. The molecule has 0 bridgehead atoms. The van der Waals surface area contributed by atoms with Gasteiger partial charge in [-0.3, -0.25) is 4.68 Å². The van der Waals surface area contributed by atoms with Crippen LogP contribution in [0.25, 0.3) is 10.9 Å². The minimum Gasteiger partial charge on any atom is -0.496 e. The third kappa shape index (κ3) is 2.35. The van der Waals surface area contributed by atoms with E-state index in [-0.39, 0.29) is 0 Å². The van der Waals surface area contributed by atoms with Gasteiger partial charge in [0.15, 0.2) is 0 Å². The van der Waals surface area contributed by atoms with Gasteiger partial charge < -0.3 is 10.1 Å². The lowest BCUT2D eigenvalue weighted by molar-refractivity contribution is 0.412. The van der Waals surface area contributed by atoms with E-state index in [4.69, 9.17) is 4.74 Å². The van der Waals surface area contributed by atoms with Crippen molar-refractivity contribution < 1.29 is 4.74 Å². The van der Waals surface area contributed by atoms with Crippen LogP contribution in [-0.2, 0) is 7.05 Å². The number of rotatable bonds is 3. The molecule has 5 heteroatoms.